The standard InChI is InChI=1S/C12H16N2O5/c1-14(7-8-2-4-18-5-3-8)11(15)9-6-10(12(16)17)19-13-9/h6,8H,2-5,7H2,1H3,(H,16,17). The van der Waals surface area contributed by atoms with Gasteiger partial charge >= 0.3 is 5.97 Å². The maximum absolute atomic E-state index is 12.0. The highest BCUT2D eigenvalue weighted by atomic mass is 16.5. The summed E-state index contributed by atoms with van der Waals surface area (Å²) in [6.07, 6.45) is 1.85. The summed E-state index contributed by atoms with van der Waals surface area (Å²) in [6.45, 7) is 2.05. The Balaban J connectivity index is 1.95. The Bertz CT molecular complexity index is 464. The minimum Gasteiger partial charge on any atom is -0.475 e. The van der Waals surface area contributed by atoms with Crippen molar-refractivity contribution >= 4 is 11.9 Å². The highest BCUT2D eigenvalue weighted by molar-refractivity contribution is 5.94. The van der Waals surface area contributed by atoms with Gasteiger partial charge in [0.15, 0.2) is 5.69 Å². The summed E-state index contributed by atoms with van der Waals surface area (Å²) in [5.74, 6) is -1.49. The molecule has 1 aliphatic heterocycles. The van der Waals surface area contributed by atoms with Crippen LogP contribution in [-0.2, 0) is 4.74 Å². The van der Waals surface area contributed by atoms with Crippen molar-refractivity contribution in [3.8, 4) is 0 Å². The molecular formula is C12H16N2O5. The summed E-state index contributed by atoms with van der Waals surface area (Å²) < 4.78 is 9.83. The number of carboxylic acid groups (broad SMARTS) is 1. The molecule has 1 saturated heterocycles. The Kier molecular flexibility index (Phi) is 4.16. The fourth-order valence-corrected chi connectivity index (χ4v) is 2.07. The number of aromatic carboxylic acids is 1. The average Bonchev–Trinajstić information content (AvgIpc) is 2.88. The lowest BCUT2D eigenvalue weighted by atomic mass is 10.00. The Labute approximate surface area is 110 Å². The van der Waals surface area contributed by atoms with Crippen LogP contribution in [0.2, 0.25) is 0 Å². The second-order valence-corrected chi connectivity index (χ2v) is 4.62. The third kappa shape index (κ3) is 3.31. The smallest absolute Gasteiger partial charge is 0.374 e. The number of hydrogen-bond acceptors (Lipinski definition) is 5. The topological polar surface area (TPSA) is 92.9 Å². The van der Waals surface area contributed by atoms with Crippen LogP contribution < -0.4 is 0 Å². The van der Waals surface area contributed by atoms with E-state index in [2.05, 4.69) is 9.68 Å². The van der Waals surface area contributed by atoms with Crippen LogP contribution in [0.25, 0.3) is 0 Å². The van der Waals surface area contributed by atoms with Crippen molar-refractivity contribution in [3.05, 3.63) is 17.5 Å². The summed E-state index contributed by atoms with van der Waals surface area (Å²) in [7, 11) is 1.67. The van der Waals surface area contributed by atoms with Crippen molar-refractivity contribution in [2.75, 3.05) is 26.8 Å². The quantitative estimate of drug-likeness (QED) is 0.871. The number of carbonyl (C=O) groups excluding carboxylic acids is 1. The minimum atomic E-state index is -1.24. The van der Waals surface area contributed by atoms with Gasteiger partial charge in [-0.15, -0.1) is 0 Å². The molecule has 1 N–H and O–H groups in total. The van der Waals surface area contributed by atoms with Gasteiger partial charge in [0, 0.05) is 32.9 Å². The number of rotatable bonds is 4. The number of carbonyl (C=O) groups is 2. The van der Waals surface area contributed by atoms with E-state index in [-0.39, 0.29) is 17.4 Å². The summed E-state index contributed by atoms with van der Waals surface area (Å²) in [4.78, 5) is 24.2. The normalized spacial score (nSPS) is 16.3. The first-order valence-corrected chi connectivity index (χ1v) is 6.11. The fraction of sp³-hybridized carbons (Fsp3) is 0.583. The predicted octanol–water partition coefficient (Wildman–Crippen LogP) is 0.871. The molecule has 1 fully saturated rings. The largest absolute Gasteiger partial charge is 0.475 e. The van der Waals surface area contributed by atoms with Gasteiger partial charge in [-0.25, -0.2) is 4.79 Å². The lowest BCUT2D eigenvalue weighted by Gasteiger charge is -2.26. The highest BCUT2D eigenvalue weighted by Crippen LogP contribution is 2.16. The minimum absolute atomic E-state index is 0.0203. The molecule has 0 spiro atoms. The third-order valence-corrected chi connectivity index (χ3v) is 3.16. The van der Waals surface area contributed by atoms with Crippen LogP contribution >= 0.6 is 0 Å². The van der Waals surface area contributed by atoms with Crippen LogP contribution in [0.1, 0.15) is 33.9 Å². The Morgan fingerprint density at radius 1 is 1.47 bits per heavy atom. The Hall–Kier alpha value is -1.89. The molecule has 1 aromatic rings. The van der Waals surface area contributed by atoms with Gasteiger partial charge in [-0.3, -0.25) is 4.79 Å². The predicted molar refractivity (Wildman–Crippen MR) is 64.0 cm³/mol. The number of hydrogen-bond donors (Lipinski definition) is 1. The first-order chi connectivity index (χ1) is 9.08. The molecule has 7 heteroatoms. The molecule has 0 aliphatic carbocycles. The van der Waals surface area contributed by atoms with Gasteiger partial charge in [0.25, 0.3) is 5.91 Å². The summed E-state index contributed by atoms with van der Waals surface area (Å²) >= 11 is 0. The van der Waals surface area contributed by atoms with E-state index >= 15 is 0 Å². The Morgan fingerprint density at radius 2 is 2.16 bits per heavy atom. The zero-order valence-electron chi connectivity index (χ0n) is 10.7. The molecule has 0 aromatic carbocycles. The van der Waals surface area contributed by atoms with Crippen molar-refractivity contribution in [3.63, 3.8) is 0 Å². The monoisotopic (exact) mass is 268 g/mol. The second-order valence-electron chi connectivity index (χ2n) is 4.62. The average molecular weight is 268 g/mol. The lowest BCUT2D eigenvalue weighted by molar-refractivity contribution is 0.0493. The number of carboxylic acids is 1. The van der Waals surface area contributed by atoms with E-state index in [1.54, 1.807) is 11.9 Å². The zero-order valence-corrected chi connectivity index (χ0v) is 10.7. The van der Waals surface area contributed by atoms with E-state index in [0.717, 1.165) is 32.1 Å². The second kappa shape index (κ2) is 5.83. The molecule has 0 atom stereocenters. The molecule has 0 saturated carbocycles. The molecule has 1 aliphatic rings. The molecule has 0 radical (unpaired) electrons. The summed E-state index contributed by atoms with van der Waals surface area (Å²) in [6, 6.07) is 1.14. The zero-order chi connectivity index (χ0) is 13.8. The first-order valence-electron chi connectivity index (χ1n) is 6.11. The van der Waals surface area contributed by atoms with E-state index in [1.807, 2.05) is 0 Å². The summed E-state index contributed by atoms with van der Waals surface area (Å²) in [5.41, 5.74) is 0.0203. The number of aromatic nitrogens is 1. The SMILES string of the molecule is CN(CC1CCOCC1)C(=O)c1cc(C(=O)O)on1. The number of nitrogens with zero attached hydrogens (tertiary/aromatic N) is 2. The van der Waals surface area contributed by atoms with Gasteiger partial charge < -0.3 is 19.3 Å². The van der Waals surface area contributed by atoms with Gasteiger partial charge in [-0.2, -0.15) is 0 Å². The highest BCUT2D eigenvalue weighted by Gasteiger charge is 2.23. The molecule has 104 valence electrons. The molecule has 1 amide bonds. The van der Waals surface area contributed by atoms with Crippen molar-refractivity contribution in [2.45, 2.75) is 12.8 Å². The van der Waals surface area contributed by atoms with E-state index in [0.29, 0.717) is 12.5 Å². The van der Waals surface area contributed by atoms with E-state index in [1.165, 1.54) is 0 Å². The maximum Gasteiger partial charge on any atom is 0.374 e. The van der Waals surface area contributed by atoms with Crippen molar-refractivity contribution < 1.29 is 24.0 Å². The van der Waals surface area contributed by atoms with Gasteiger partial charge in [-0.05, 0) is 18.8 Å². The molecule has 0 unspecified atom stereocenters. The Morgan fingerprint density at radius 3 is 2.74 bits per heavy atom. The molecule has 1 aromatic heterocycles. The van der Waals surface area contributed by atoms with Gasteiger partial charge in [-0.1, -0.05) is 5.16 Å². The van der Waals surface area contributed by atoms with E-state index < -0.39 is 5.97 Å². The van der Waals surface area contributed by atoms with E-state index in [9.17, 15) is 9.59 Å². The van der Waals surface area contributed by atoms with E-state index in [4.69, 9.17) is 9.84 Å². The van der Waals surface area contributed by atoms with Crippen molar-refractivity contribution in [1.29, 1.82) is 0 Å². The third-order valence-electron chi connectivity index (χ3n) is 3.16. The van der Waals surface area contributed by atoms with Crippen LogP contribution in [0.15, 0.2) is 10.6 Å². The molecule has 0 bridgehead atoms. The van der Waals surface area contributed by atoms with Crippen LogP contribution in [0.3, 0.4) is 0 Å². The van der Waals surface area contributed by atoms with Crippen LogP contribution in [-0.4, -0.2) is 53.8 Å². The summed E-state index contributed by atoms with van der Waals surface area (Å²) in [5, 5.41) is 12.2. The van der Waals surface area contributed by atoms with Crippen LogP contribution in [0, 0.1) is 5.92 Å². The molecule has 2 heterocycles. The molecule has 2 rings (SSSR count). The maximum atomic E-state index is 12.0. The number of ether oxygens (including phenoxy) is 1. The van der Waals surface area contributed by atoms with Crippen LogP contribution in [0.5, 0.6) is 0 Å². The molecular weight excluding hydrogens is 252 g/mol. The van der Waals surface area contributed by atoms with Gasteiger partial charge in [0.1, 0.15) is 0 Å². The molecule has 19 heavy (non-hydrogen) atoms. The number of amides is 1. The lowest BCUT2D eigenvalue weighted by Crippen LogP contribution is -2.34. The van der Waals surface area contributed by atoms with Gasteiger partial charge in [0.05, 0.1) is 0 Å². The van der Waals surface area contributed by atoms with Crippen molar-refractivity contribution in [2.24, 2.45) is 5.92 Å². The van der Waals surface area contributed by atoms with Crippen LogP contribution in [0.4, 0.5) is 0 Å². The van der Waals surface area contributed by atoms with Gasteiger partial charge in [0.2, 0.25) is 5.76 Å². The molecule has 7 nitrogen and oxygen atoms in total. The van der Waals surface area contributed by atoms with Crippen molar-refractivity contribution in [1.82, 2.24) is 10.1 Å². The first kappa shape index (κ1) is 13.5. The fourth-order valence-electron chi connectivity index (χ4n) is 2.07.